The van der Waals surface area contributed by atoms with Crippen molar-refractivity contribution >= 4 is 33.2 Å². The summed E-state index contributed by atoms with van der Waals surface area (Å²) < 4.78 is 24.2. The van der Waals surface area contributed by atoms with Gasteiger partial charge in [-0.2, -0.15) is 0 Å². The maximum Gasteiger partial charge on any atom is 0.264 e. The van der Waals surface area contributed by atoms with Gasteiger partial charge in [-0.1, -0.05) is 11.6 Å². The van der Waals surface area contributed by atoms with Gasteiger partial charge in [-0.15, -0.1) is 0 Å². The van der Waals surface area contributed by atoms with Crippen molar-refractivity contribution in [3.8, 4) is 0 Å². The van der Waals surface area contributed by atoms with Crippen molar-refractivity contribution in [2.45, 2.75) is 6.92 Å². The van der Waals surface area contributed by atoms with Crippen molar-refractivity contribution < 1.29 is 13.2 Å². The molecule has 0 spiro atoms. The van der Waals surface area contributed by atoms with Gasteiger partial charge in [-0.05, 0) is 25.1 Å². The van der Waals surface area contributed by atoms with Crippen molar-refractivity contribution in [3.63, 3.8) is 0 Å². The van der Waals surface area contributed by atoms with Crippen molar-refractivity contribution in [1.82, 2.24) is 4.72 Å². The van der Waals surface area contributed by atoms with Crippen LogP contribution in [0.1, 0.15) is 17.3 Å². The van der Waals surface area contributed by atoms with E-state index in [9.17, 15) is 13.2 Å². The van der Waals surface area contributed by atoms with E-state index in [4.69, 9.17) is 17.3 Å². The monoisotopic (exact) mass is 262 g/mol. The fourth-order valence-electron chi connectivity index (χ4n) is 0.957. The molecule has 0 aliphatic carbocycles. The van der Waals surface area contributed by atoms with Crippen LogP contribution in [0.4, 0.5) is 5.69 Å². The molecule has 88 valence electrons. The van der Waals surface area contributed by atoms with Crippen molar-refractivity contribution in [2.24, 2.45) is 0 Å². The summed E-state index contributed by atoms with van der Waals surface area (Å²) >= 11 is 5.67. The van der Waals surface area contributed by atoms with E-state index in [1.54, 1.807) is 0 Å². The van der Waals surface area contributed by atoms with Crippen LogP contribution in [0.2, 0.25) is 5.02 Å². The molecule has 7 heteroatoms. The van der Waals surface area contributed by atoms with Crippen LogP contribution in [0.5, 0.6) is 0 Å². The van der Waals surface area contributed by atoms with E-state index in [1.165, 1.54) is 25.1 Å². The van der Waals surface area contributed by atoms with Crippen LogP contribution in [-0.2, 0) is 10.0 Å². The summed E-state index contributed by atoms with van der Waals surface area (Å²) in [6.45, 7) is 1.44. The highest BCUT2D eigenvalue weighted by Crippen LogP contribution is 2.19. The third-order valence-corrected chi connectivity index (χ3v) is 3.49. The molecule has 0 saturated carbocycles. The second-order valence-corrected chi connectivity index (χ2v) is 5.49. The largest absolute Gasteiger partial charge is 0.398 e. The first-order valence-electron chi connectivity index (χ1n) is 4.45. The molecule has 0 radical (unpaired) electrons. The number of carbonyl (C=O) groups is 1. The smallest absolute Gasteiger partial charge is 0.264 e. The highest BCUT2D eigenvalue weighted by atomic mass is 35.5. The minimum Gasteiger partial charge on any atom is -0.398 e. The van der Waals surface area contributed by atoms with Crippen LogP contribution in [0.15, 0.2) is 18.2 Å². The summed E-state index contributed by atoms with van der Waals surface area (Å²) in [7, 11) is -3.56. The maximum atomic E-state index is 11.5. The zero-order valence-corrected chi connectivity index (χ0v) is 10.1. The number of rotatable bonds is 3. The van der Waals surface area contributed by atoms with E-state index in [0.29, 0.717) is 5.02 Å². The standard InChI is InChI=1S/C9H11ClN2O3S/c1-2-16(14,15)12-9(13)6-3-4-7(10)8(11)5-6/h3-5H,2,11H2,1H3,(H,12,13). The fourth-order valence-corrected chi connectivity index (χ4v) is 1.62. The number of sulfonamides is 1. The Labute approximate surface area is 98.6 Å². The van der Waals surface area contributed by atoms with Gasteiger partial charge in [0.05, 0.1) is 16.5 Å². The Bertz CT molecular complexity index is 513. The van der Waals surface area contributed by atoms with E-state index < -0.39 is 15.9 Å². The lowest BCUT2D eigenvalue weighted by Gasteiger charge is -2.05. The average Bonchev–Trinajstić information content (AvgIpc) is 2.21. The molecule has 3 N–H and O–H groups in total. The predicted molar refractivity (Wildman–Crippen MR) is 62.8 cm³/mol. The molecule has 0 aliphatic rings. The molecular weight excluding hydrogens is 252 g/mol. The van der Waals surface area contributed by atoms with Gasteiger partial charge >= 0.3 is 0 Å². The summed E-state index contributed by atoms with van der Waals surface area (Å²) in [6.07, 6.45) is 0. The van der Waals surface area contributed by atoms with Crippen molar-refractivity contribution in [3.05, 3.63) is 28.8 Å². The lowest BCUT2D eigenvalue weighted by atomic mass is 10.2. The number of halogens is 1. The number of anilines is 1. The third kappa shape index (κ3) is 3.11. The van der Waals surface area contributed by atoms with Gasteiger partial charge in [0.1, 0.15) is 0 Å². The van der Waals surface area contributed by atoms with Gasteiger partial charge in [0, 0.05) is 5.56 Å². The molecule has 0 bridgehead atoms. The molecule has 0 heterocycles. The first-order valence-corrected chi connectivity index (χ1v) is 6.48. The van der Waals surface area contributed by atoms with E-state index >= 15 is 0 Å². The van der Waals surface area contributed by atoms with Crippen LogP contribution in [-0.4, -0.2) is 20.1 Å². The van der Waals surface area contributed by atoms with Crippen LogP contribution >= 0.6 is 11.6 Å². The van der Waals surface area contributed by atoms with Crippen LogP contribution < -0.4 is 10.5 Å². The van der Waals surface area contributed by atoms with Gasteiger partial charge in [0.15, 0.2) is 0 Å². The molecule has 5 nitrogen and oxygen atoms in total. The van der Waals surface area contributed by atoms with Crippen molar-refractivity contribution in [1.29, 1.82) is 0 Å². The summed E-state index contributed by atoms with van der Waals surface area (Å²) in [5, 5.41) is 0.315. The number of hydrogen-bond acceptors (Lipinski definition) is 4. The van der Waals surface area contributed by atoms with E-state index in [-0.39, 0.29) is 17.0 Å². The molecule has 0 atom stereocenters. The van der Waals surface area contributed by atoms with Gasteiger partial charge in [0.2, 0.25) is 10.0 Å². The fraction of sp³-hybridized carbons (Fsp3) is 0.222. The number of nitrogen functional groups attached to an aromatic ring is 1. The quantitative estimate of drug-likeness (QED) is 0.796. The van der Waals surface area contributed by atoms with Gasteiger partial charge in [-0.25, -0.2) is 13.1 Å². The van der Waals surface area contributed by atoms with Crippen molar-refractivity contribution in [2.75, 3.05) is 11.5 Å². The second-order valence-electron chi connectivity index (χ2n) is 3.07. The van der Waals surface area contributed by atoms with Crippen LogP contribution in [0.3, 0.4) is 0 Å². The molecule has 0 saturated heterocycles. The van der Waals surface area contributed by atoms with Gasteiger partial charge in [-0.3, -0.25) is 4.79 Å². The Morgan fingerprint density at radius 1 is 1.50 bits per heavy atom. The molecule has 1 rings (SSSR count). The molecule has 16 heavy (non-hydrogen) atoms. The molecule has 0 aliphatic heterocycles. The molecule has 1 aromatic rings. The Morgan fingerprint density at radius 3 is 2.62 bits per heavy atom. The zero-order chi connectivity index (χ0) is 12.3. The van der Waals surface area contributed by atoms with Crippen LogP contribution in [0, 0.1) is 0 Å². The Hall–Kier alpha value is -1.27. The molecule has 0 fully saturated rings. The Kier molecular flexibility index (Phi) is 3.77. The summed E-state index contributed by atoms with van der Waals surface area (Å²) in [4.78, 5) is 11.5. The number of hydrogen-bond donors (Lipinski definition) is 2. The number of carbonyl (C=O) groups excluding carboxylic acids is 1. The molecule has 0 aromatic heterocycles. The average molecular weight is 263 g/mol. The SMILES string of the molecule is CCS(=O)(=O)NC(=O)c1ccc(Cl)c(N)c1. The number of benzene rings is 1. The predicted octanol–water partition coefficient (Wildman–Crippen LogP) is 1.00. The van der Waals surface area contributed by atoms with Gasteiger partial charge in [0.25, 0.3) is 5.91 Å². The first-order chi connectivity index (χ1) is 7.35. The highest BCUT2D eigenvalue weighted by Gasteiger charge is 2.14. The Balaban J connectivity index is 2.94. The molecule has 1 aromatic carbocycles. The minimum absolute atomic E-state index is 0.152. The summed E-state index contributed by atoms with van der Waals surface area (Å²) in [5.74, 6) is -0.882. The lowest BCUT2D eigenvalue weighted by molar-refractivity contribution is 0.0981. The minimum atomic E-state index is -3.56. The highest BCUT2D eigenvalue weighted by molar-refractivity contribution is 7.90. The summed E-state index contributed by atoms with van der Waals surface area (Å²) in [5.41, 5.74) is 5.87. The molecule has 0 unspecified atom stereocenters. The maximum absolute atomic E-state index is 11.5. The normalized spacial score (nSPS) is 11.1. The first kappa shape index (κ1) is 12.8. The third-order valence-electron chi connectivity index (χ3n) is 1.89. The van der Waals surface area contributed by atoms with E-state index in [0.717, 1.165) is 0 Å². The van der Waals surface area contributed by atoms with E-state index in [1.807, 2.05) is 4.72 Å². The number of nitrogens with two attached hydrogens (primary N) is 1. The van der Waals surface area contributed by atoms with E-state index in [2.05, 4.69) is 0 Å². The zero-order valence-electron chi connectivity index (χ0n) is 8.53. The topological polar surface area (TPSA) is 89.3 Å². The second kappa shape index (κ2) is 4.71. The summed E-state index contributed by atoms with van der Waals surface area (Å²) in [6, 6.07) is 4.16. The Morgan fingerprint density at radius 2 is 2.12 bits per heavy atom. The molecular formula is C9H11ClN2O3S. The number of nitrogens with one attached hydrogen (secondary N) is 1. The lowest BCUT2D eigenvalue weighted by Crippen LogP contribution is -2.31. The molecule has 1 amide bonds. The van der Waals surface area contributed by atoms with Crippen LogP contribution in [0.25, 0.3) is 0 Å². The van der Waals surface area contributed by atoms with Gasteiger partial charge < -0.3 is 5.73 Å². The number of amides is 1.